The molecule has 5 N–H and O–H groups in total. The maximum absolute atomic E-state index is 13.0. The number of fused-ring (bicyclic) bond motifs is 1. The molecule has 7 nitrogen and oxygen atoms in total. The second-order valence-corrected chi connectivity index (χ2v) is 10.0. The SMILES string of the molecule is O=C(NC1SNNC1C(=O)NC1CCC2CCCC2C1)C1CNCC(C(F)(F)F)C1. The molecule has 0 bridgehead atoms. The minimum absolute atomic E-state index is 0.149. The fraction of sp³-hybridized carbons (Fsp3) is 0.895. The molecule has 0 aromatic heterocycles. The molecule has 2 saturated carbocycles. The Hall–Kier alpha value is -1.04. The minimum atomic E-state index is -4.32. The Bertz CT molecular complexity index is 652. The smallest absolute Gasteiger partial charge is 0.352 e. The van der Waals surface area contributed by atoms with Gasteiger partial charge in [0.2, 0.25) is 11.8 Å². The first-order valence-corrected chi connectivity index (χ1v) is 11.7. The van der Waals surface area contributed by atoms with Gasteiger partial charge in [0.1, 0.15) is 11.4 Å². The Labute approximate surface area is 178 Å². The molecular weight excluding hydrogens is 419 g/mol. The van der Waals surface area contributed by atoms with Gasteiger partial charge in [0, 0.05) is 19.1 Å². The molecule has 4 rings (SSSR count). The number of carbonyl (C=O) groups excluding carboxylic acids is 2. The second-order valence-electron chi connectivity index (χ2n) is 9.07. The highest BCUT2D eigenvalue weighted by Crippen LogP contribution is 2.42. The van der Waals surface area contributed by atoms with Gasteiger partial charge in [0.05, 0.1) is 11.8 Å². The molecule has 2 heterocycles. The molecule has 2 saturated heterocycles. The van der Waals surface area contributed by atoms with Crippen molar-refractivity contribution in [3.8, 4) is 0 Å². The summed E-state index contributed by atoms with van der Waals surface area (Å²) < 4.78 is 39.0. The molecule has 2 aliphatic carbocycles. The predicted molar refractivity (Wildman–Crippen MR) is 107 cm³/mol. The van der Waals surface area contributed by atoms with Crippen LogP contribution in [0.2, 0.25) is 0 Å². The van der Waals surface area contributed by atoms with Crippen LogP contribution in [0.15, 0.2) is 0 Å². The van der Waals surface area contributed by atoms with Gasteiger partial charge in [-0.1, -0.05) is 19.3 Å². The average Bonchev–Trinajstić information content (AvgIpc) is 3.36. The molecule has 30 heavy (non-hydrogen) atoms. The van der Waals surface area contributed by atoms with Gasteiger partial charge >= 0.3 is 6.18 Å². The summed E-state index contributed by atoms with van der Waals surface area (Å²) in [6.45, 7) is 0.0426. The van der Waals surface area contributed by atoms with Gasteiger partial charge in [0.15, 0.2) is 0 Å². The van der Waals surface area contributed by atoms with E-state index in [9.17, 15) is 22.8 Å². The van der Waals surface area contributed by atoms with Crippen LogP contribution in [0, 0.1) is 23.7 Å². The van der Waals surface area contributed by atoms with E-state index in [4.69, 9.17) is 0 Å². The van der Waals surface area contributed by atoms with E-state index in [2.05, 4.69) is 26.2 Å². The summed E-state index contributed by atoms with van der Waals surface area (Å²) in [4.78, 5) is 28.2. The van der Waals surface area contributed by atoms with Crippen LogP contribution in [0.5, 0.6) is 0 Å². The Balaban J connectivity index is 1.29. The van der Waals surface area contributed by atoms with Crippen LogP contribution in [0.4, 0.5) is 13.2 Å². The van der Waals surface area contributed by atoms with Crippen molar-refractivity contribution < 1.29 is 22.8 Å². The van der Waals surface area contributed by atoms with Crippen molar-refractivity contribution in [2.24, 2.45) is 23.7 Å². The Morgan fingerprint density at radius 1 is 0.933 bits per heavy atom. The van der Waals surface area contributed by atoms with Crippen LogP contribution in [0.3, 0.4) is 0 Å². The molecule has 2 amide bonds. The number of alkyl halides is 3. The lowest BCUT2D eigenvalue weighted by atomic mass is 9.79. The number of nitrogens with one attached hydrogen (secondary N) is 5. The van der Waals surface area contributed by atoms with E-state index in [1.165, 1.54) is 19.3 Å². The summed E-state index contributed by atoms with van der Waals surface area (Å²) in [5.41, 5.74) is 2.87. The molecule has 11 heteroatoms. The maximum Gasteiger partial charge on any atom is 0.393 e. The van der Waals surface area contributed by atoms with Crippen molar-refractivity contribution in [3.05, 3.63) is 0 Å². The summed E-state index contributed by atoms with van der Waals surface area (Å²) in [5.74, 6) is -1.44. The van der Waals surface area contributed by atoms with Crippen molar-refractivity contribution >= 4 is 23.8 Å². The van der Waals surface area contributed by atoms with Gasteiger partial charge in [-0.05, 0) is 49.5 Å². The third kappa shape index (κ3) is 5.05. The number of hydrogen-bond acceptors (Lipinski definition) is 6. The lowest BCUT2D eigenvalue weighted by Crippen LogP contribution is -2.56. The minimum Gasteiger partial charge on any atom is -0.352 e. The topological polar surface area (TPSA) is 94.3 Å². The maximum atomic E-state index is 13.0. The number of amides is 2. The largest absolute Gasteiger partial charge is 0.393 e. The zero-order chi connectivity index (χ0) is 21.3. The third-order valence-corrected chi connectivity index (χ3v) is 7.97. The van der Waals surface area contributed by atoms with Crippen molar-refractivity contribution in [3.63, 3.8) is 0 Å². The van der Waals surface area contributed by atoms with Gasteiger partial charge in [0.25, 0.3) is 0 Å². The van der Waals surface area contributed by atoms with Crippen molar-refractivity contribution in [2.45, 2.75) is 68.6 Å². The number of rotatable bonds is 4. The molecule has 2 aliphatic heterocycles. The predicted octanol–water partition coefficient (Wildman–Crippen LogP) is 1.43. The van der Waals surface area contributed by atoms with E-state index in [1.54, 1.807) is 0 Å². The normalized spacial score (nSPS) is 39.4. The fourth-order valence-corrected chi connectivity index (χ4v) is 6.22. The Kier molecular flexibility index (Phi) is 6.81. The lowest BCUT2D eigenvalue weighted by molar-refractivity contribution is -0.182. The summed E-state index contributed by atoms with van der Waals surface area (Å²) in [6, 6.07) is -0.522. The van der Waals surface area contributed by atoms with E-state index >= 15 is 0 Å². The molecule has 0 aromatic rings. The van der Waals surface area contributed by atoms with Crippen LogP contribution in [-0.4, -0.2) is 48.5 Å². The molecule has 7 atom stereocenters. The van der Waals surface area contributed by atoms with Gasteiger partial charge < -0.3 is 16.0 Å². The molecule has 0 radical (unpaired) electrons. The van der Waals surface area contributed by atoms with E-state index in [1.807, 2.05) is 0 Å². The second kappa shape index (κ2) is 9.22. The number of carbonyl (C=O) groups is 2. The Morgan fingerprint density at radius 3 is 2.53 bits per heavy atom. The number of hydrazine groups is 1. The average molecular weight is 450 g/mol. The van der Waals surface area contributed by atoms with E-state index in [0.717, 1.165) is 37.1 Å². The molecule has 4 fully saturated rings. The zero-order valence-electron chi connectivity index (χ0n) is 16.8. The van der Waals surface area contributed by atoms with Gasteiger partial charge in [-0.25, -0.2) is 5.43 Å². The first-order valence-electron chi connectivity index (χ1n) is 10.9. The summed E-state index contributed by atoms with van der Waals surface area (Å²) in [7, 11) is 0. The highest BCUT2D eigenvalue weighted by molar-refractivity contribution is 7.98. The van der Waals surface area contributed by atoms with Crippen LogP contribution >= 0.6 is 11.9 Å². The van der Waals surface area contributed by atoms with Crippen molar-refractivity contribution in [1.29, 1.82) is 0 Å². The highest BCUT2D eigenvalue weighted by atomic mass is 32.2. The van der Waals surface area contributed by atoms with Crippen LogP contribution in [-0.2, 0) is 9.59 Å². The molecule has 7 unspecified atom stereocenters. The highest BCUT2D eigenvalue weighted by Gasteiger charge is 2.45. The van der Waals surface area contributed by atoms with Crippen molar-refractivity contribution in [2.75, 3.05) is 13.1 Å². The summed E-state index contributed by atoms with van der Waals surface area (Å²) in [6.07, 6.45) is 2.39. The molecule has 0 spiro atoms. The standard InChI is InChI=1S/C19H30F3N5O2S/c20-19(21,22)13-6-12(8-23-9-13)16(28)25-18-15(26-27-30-18)17(29)24-14-5-4-10-2-1-3-11(10)7-14/h10-15,18,23,26-27H,1-9H2,(H,24,29)(H,25,28). The van der Waals surface area contributed by atoms with Gasteiger partial charge in [-0.2, -0.15) is 18.0 Å². The lowest BCUT2D eigenvalue weighted by Gasteiger charge is -2.33. The monoisotopic (exact) mass is 449 g/mol. The Morgan fingerprint density at radius 2 is 1.73 bits per heavy atom. The first kappa shape index (κ1) is 22.2. The first-order chi connectivity index (χ1) is 14.3. The molecule has 170 valence electrons. The molecular formula is C19H30F3N5O2S. The van der Waals surface area contributed by atoms with E-state index in [-0.39, 0.29) is 31.5 Å². The van der Waals surface area contributed by atoms with Crippen LogP contribution < -0.4 is 26.2 Å². The zero-order valence-corrected chi connectivity index (χ0v) is 17.6. The fourth-order valence-electron chi connectivity index (χ4n) is 5.39. The van der Waals surface area contributed by atoms with Crippen LogP contribution in [0.1, 0.15) is 44.9 Å². The van der Waals surface area contributed by atoms with E-state index < -0.39 is 35.3 Å². The number of piperidine rings is 1. The van der Waals surface area contributed by atoms with Crippen molar-refractivity contribution in [1.82, 2.24) is 26.2 Å². The number of hydrogen-bond donors (Lipinski definition) is 5. The van der Waals surface area contributed by atoms with Crippen LogP contribution in [0.25, 0.3) is 0 Å². The van der Waals surface area contributed by atoms with Gasteiger partial charge in [-0.3, -0.25) is 9.59 Å². The summed E-state index contributed by atoms with van der Waals surface area (Å²) in [5, 5.41) is 8.00. The van der Waals surface area contributed by atoms with E-state index in [0.29, 0.717) is 5.92 Å². The molecule has 4 aliphatic rings. The summed E-state index contributed by atoms with van der Waals surface area (Å²) >= 11 is 1.16. The third-order valence-electron chi connectivity index (χ3n) is 7.09. The quantitative estimate of drug-likeness (QED) is 0.417. The number of halogens is 3. The van der Waals surface area contributed by atoms with Gasteiger partial charge in [-0.15, -0.1) is 0 Å². The molecule has 0 aromatic carbocycles.